The molecule has 2 saturated heterocycles. The molecule has 0 aliphatic carbocycles. The van der Waals surface area contributed by atoms with Gasteiger partial charge in [-0.05, 0) is 64.2 Å². The molecule has 2 aliphatic rings. The summed E-state index contributed by atoms with van der Waals surface area (Å²) in [4.78, 5) is 13.0. The summed E-state index contributed by atoms with van der Waals surface area (Å²) in [6.45, 7) is 3.53. The van der Waals surface area contributed by atoms with E-state index >= 15 is 0 Å². The summed E-state index contributed by atoms with van der Waals surface area (Å²) < 4.78 is 34.2. The first kappa shape index (κ1) is 62.5. The Morgan fingerprint density at radius 3 is 1.48 bits per heavy atom. The predicted molar refractivity (Wildman–Crippen MR) is 270 cm³/mol. The van der Waals surface area contributed by atoms with Gasteiger partial charge in [0.05, 0.1) is 26.4 Å². The Bertz CT molecular complexity index is 1410. The monoisotopic (exact) mass is 979 g/mol. The highest BCUT2D eigenvalue weighted by Crippen LogP contribution is 2.26. The molecule has 0 aromatic carbocycles. The smallest absolute Gasteiger partial charge is 0.306 e. The molecule has 14 heteroatoms. The van der Waals surface area contributed by atoms with Crippen molar-refractivity contribution in [3.05, 3.63) is 72.9 Å². The fourth-order valence-corrected chi connectivity index (χ4v) is 7.93. The number of unbranched alkanes of at least 4 members (excludes halogenated alkanes) is 15. The van der Waals surface area contributed by atoms with E-state index in [2.05, 4.69) is 86.8 Å². The van der Waals surface area contributed by atoms with Gasteiger partial charge in [-0.15, -0.1) is 0 Å². The van der Waals surface area contributed by atoms with Crippen LogP contribution in [0.1, 0.15) is 168 Å². The van der Waals surface area contributed by atoms with Crippen molar-refractivity contribution in [3.63, 3.8) is 0 Å². The number of carbonyl (C=O) groups excluding carboxylic acids is 1. The van der Waals surface area contributed by atoms with E-state index in [9.17, 15) is 40.5 Å². The molecule has 398 valence electrons. The van der Waals surface area contributed by atoms with Gasteiger partial charge in [-0.1, -0.05) is 170 Å². The molecule has 2 heterocycles. The normalized spacial score (nSPS) is 26.3. The average molecular weight is 979 g/mol. The Balaban J connectivity index is 1.75. The third kappa shape index (κ3) is 29.5. The van der Waals surface area contributed by atoms with E-state index in [0.29, 0.717) is 13.0 Å². The molecular weight excluding hydrogens is 885 g/mol. The summed E-state index contributed by atoms with van der Waals surface area (Å²) >= 11 is 0. The van der Waals surface area contributed by atoms with E-state index in [1.54, 1.807) is 0 Å². The van der Waals surface area contributed by atoms with Crippen LogP contribution in [-0.4, -0.2) is 142 Å². The van der Waals surface area contributed by atoms with Crippen LogP contribution in [-0.2, 0) is 33.2 Å². The summed E-state index contributed by atoms with van der Waals surface area (Å²) in [5.41, 5.74) is 0. The third-order valence-electron chi connectivity index (χ3n) is 12.2. The third-order valence-corrected chi connectivity index (χ3v) is 12.2. The summed E-state index contributed by atoms with van der Waals surface area (Å²) in [5.74, 6) is -0.402. The maximum atomic E-state index is 13.0. The summed E-state index contributed by atoms with van der Waals surface area (Å²) in [6, 6.07) is 0. The van der Waals surface area contributed by atoms with Crippen molar-refractivity contribution in [2.24, 2.45) is 0 Å². The lowest BCUT2D eigenvalue weighted by Gasteiger charge is -2.42. The number of allylic oxidation sites excluding steroid dienone is 12. The first-order valence-electron chi connectivity index (χ1n) is 26.5. The number of aliphatic hydroxyl groups excluding tert-OH is 7. The predicted octanol–water partition coefficient (Wildman–Crippen LogP) is 8.29. The molecule has 0 aromatic heterocycles. The number of ether oxygens (including phenoxy) is 6. The zero-order chi connectivity index (χ0) is 50.2. The molecule has 0 aromatic rings. The summed E-state index contributed by atoms with van der Waals surface area (Å²) in [5, 5.41) is 72.1. The van der Waals surface area contributed by atoms with Gasteiger partial charge in [0, 0.05) is 13.0 Å². The minimum Gasteiger partial charge on any atom is -0.457 e. The van der Waals surface area contributed by atoms with Crippen molar-refractivity contribution < 1.29 is 69.0 Å². The van der Waals surface area contributed by atoms with Crippen molar-refractivity contribution in [1.29, 1.82) is 0 Å². The molecule has 0 saturated carbocycles. The Labute approximate surface area is 415 Å². The summed E-state index contributed by atoms with van der Waals surface area (Å²) in [7, 11) is 0. The van der Waals surface area contributed by atoms with Crippen molar-refractivity contribution in [1.82, 2.24) is 0 Å². The molecule has 0 spiro atoms. The molecular formula is C55H94O14. The first-order valence-corrected chi connectivity index (χ1v) is 26.5. The van der Waals surface area contributed by atoms with Gasteiger partial charge >= 0.3 is 5.97 Å². The first-order chi connectivity index (χ1) is 33.6. The molecule has 0 radical (unpaired) electrons. The second-order valence-electron chi connectivity index (χ2n) is 18.3. The largest absolute Gasteiger partial charge is 0.457 e. The lowest BCUT2D eigenvalue weighted by molar-refractivity contribution is -0.332. The maximum Gasteiger partial charge on any atom is 0.306 e. The number of rotatable bonds is 41. The van der Waals surface area contributed by atoms with Crippen LogP contribution in [0.4, 0.5) is 0 Å². The van der Waals surface area contributed by atoms with E-state index < -0.39 is 86.7 Å². The molecule has 2 fully saturated rings. The van der Waals surface area contributed by atoms with E-state index in [1.165, 1.54) is 57.8 Å². The minimum atomic E-state index is -1.71. The van der Waals surface area contributed by atoms with E-state index in [4.69, 9.17) is 28.4 Å². The van der Waals surface area contributed by atoms with Crippen LogP contribution >= 0.6 is 0 Å². The van der Waals surface area contributed by atoms with E-state index in [0.717, 1.165) is 83.5 Å². The van der Waals surface area contributed by atoms with Gasteiger partial charge < -0.3 is 64.2 Å². The van der Waals surface area contributed by atoms with Gasteiger partial charge in [-0.3, -0.25) is 4.79 Å². The van der Waals surface area contributed by atoms with Crippen molar-refractivity contribution >= 4 is 5.97 Å². The van der Waals surface area contributed by atoms with Crippen LogP contribution in [0.5, 0.6) is 0 Å². The van der Waals surface area contributed by atoms with Gasteiger partial charge in [0.2, 0.25) is 0 Å². The number of carbonyl (C=O) groups is 1. The molecule has 11 atom stereocenters. The standard InChI is InChI=1S/C55H94O14/c1-3-5-7-9-11-13-15-17-18-19-20-21-22-23-24-25-26-27-28-30-32-34-36-38-47(57)67-44(41-64-39-37-35-33-31-29-16-14-12-10-8-6-4-2)42-65-54-53(63)51(61)49(59)46(69-54)43-66-55-52(62)50(60)48(58)45(40-56)68-55/h5,7,11,13,17-18,20-21,23-24,26-27,44-46,48-56,58-63H,3-4,6,8-10,12,14-16,19,22,25,28-43H2,1-2H3/b7-5-,13-11-,18-17-,21-20-,24-23-,27-26-. The highest BCUT2D eigenvalue weighted by atomic mass is 16.7. The Morgan fingerprint density at radius 1 is 0.493 bits per heavy atom. The van der Waals surface area contributed by atoms with Crippen LogP contribution in [0.2, 0.25) is 0 Å². The fourth-order valence-electron chi connectivity index (χ4n) is 7.93. The Morgan fingerprint density at radius 2 is 0.942 bits per heavy atom. The lowest BCUT2D eigenvalue weighted by atomic mass is 9.98. The van der Waals surface area contributed by atoms with Crippen LogP contribution in [0.3, 0.4) is 0 Å². The van der Waals surface area contributed by atoms with Crippen LogP contribution in [0.15, 0.2) is 72.9 Å². The van der Waals surface area contributed by atoms with Crippen molar-refractivity contribution in [2.45, 2.75) is 235 Å². The molecule has 69 heavy (non-hydrogen) atoms. The number of aliphatic hydroxyl groups is 7. The van der Waals surface area contributed by atoms with Gasteiger partial charge in [-0.25, -0.2) is 0 Å². The van der Waals surface area contributed by atoms with Crippen LogP contribution in [0.25, 0.3) is 0 Å². The Hall–Kier alpha value is -2.57. The quantitative estimate of drug-likeness (QED) is 0.0175. The summed E-state index contributed by atoms with van der Waals surface area (Å²) in [6.07, 6.45) is 35.3. The van der Waals surface area contributed by atoms with E-state index in [-0.39, 0.29) is 19.6 Å². The SMILES string of the molecule is CC/C=C\C/C=C\C/C=C\C/C=C\C/C=C\C/C=C\CCCCCCC(=O)OC(COCCCCCCCCCCCCCC)COC1OC(COC2OC(CO)C(O)C(O)C2O)C(O)C(O)C1O. The molecule has 2 aliphatic heterocycles. The molecule has 0 bridgehead atoms. The molecule has 0 amide bonds. The van der Waals surface area contributed by atoms with Crippen molar-refractivity contribution in [2.75, 3.05) is 33.0 Å². The zero-order valence-corrected chi connectivity index (χ0v) is 42.3. The number of hydrogen-bond donors (Lipinski definition) is 7. The van der Waals surface area contributed by atoms with Gasteiger partial charge in [0.1, 0.15) is 54.9 Å². The molecule has 2 rings (SSSR count). The van der Waals surface area contributed by atoms with Crippen LogP contribution in [0, 0.1) is 0 Å². The van der Waals surface area contributed by atoms with E-state index in [1.807, 2.05) is 0 Å². The second kappa shape index (κ2) is 42.0. The fraction of sp³-hybridized carbons (Fsp3) is 0.764. The lowest BCUT2D eigenvalue weighted by Crippen LogP contribution is -2.61. The number of hydrogen-bond acceptors (Lipinski definition) is 14. The highest BCUT2D eigenvalue weighted by molar-refractivity contribution is 5.69. The minimum absolute atomic E-state index is 0.0490. The number of esters is 1. The highest BCUT2D eigenvalue weighted by Gasteiger charge is 2.47. The average Bonchev–Trinajstić information content (AvgIpc) is 3.35. The van der Waals surface area contributed by atoms with Crippen LogP contribution < -0.4 is 0 Å². The Kier molecular flexibility index (Phi) is 38.1. The maximum absolute atomic E-state index is 13.0. The van der Waals surface area contributed by atoms with Crippen molar-refractivity contribution in [3.8, 4) is 0 Å². The second-order valence-corrected chi connectivity index (χ2v) is 18.3. The van der Waals surface area contributed by atoms with Gasteiger partial charge in [0.25, 0.3) is 0 Å². The topological polar surface area (TPSA) is 214 Å². The molecule has 7 N–H and O–H groups in total. The molecule has 11 unspecified atom stereocenters. The zero-order valence-electron chi connectivity index (χ0n) is 42.3. The molecule has 14 nitrogen and oxygen atoms in total. The van der Waals surface area contributed by atoms with Gasteiger partial charge in [0.15, 0.2) is 12.6 Å². The van der Waals surface area contributed by atoms with Gasteiger partial charge in [-0.2, -0.15) is 0 Å².